The van der Waals surface area contributed by atoms with Crippen LogP contribution in [0.4, 0.5) is 0 Å². The summed E-state index contributed by atoms with van der Waals surface area (Å²) in [6, 6.07) is 8.19. The van der Waals surface area contributed by atoms with Gasteiger partial charge in [-0.2, -0.15) is 5.26 Å². The number of piperidine rings is 1. The Labute approximate surface area is 120 Å². The maximum Gasteiger partial charge on any atom is 0.241 e. The molecule has 1 aliphatic rings. The zero-order valence-electron chi connectivity index (χ0n) is 11.5. The molecule has 2 rings (SSSR count). The van der Waals surface area contributed by atoms with Crippen molar-refractivity contribution in [3.05, 3.63) is 29.8 Å². The van der Waals surface area contributed by atoms with Crippen molar-refractivity contribution in [1.29, 1.82) is 5.26 Å². The Hall–Kier alpha value is -1.42. The molecule has 1 N–H and O–H groups in total. The molecule has 0 saturated carbocycles. The van der Waals surface area contributed by atoms with E-state index >= 15 is 0 Å². The maximum absolute atomic E-state index is 12.3. The molecule has 0 aromatic heterocycles. The molecule has 20 heavy (non-hydrogen) atoms. The molecule has 0 spiro atoms. The second kappa shape index (κ2) is 6.35. The van der Waals surface area contributed by atoms with Crippen molar-refractivity contribution in [1.82, 2.24) is 9.62 Å². The van der Waals surface area contributed by atoms with E-state index < -0.39 is 10.0 Å². The topological polar surface area (TPSA) is 73.2 Å². The fourth-order valence-electron chi connectivity index (χ4n) is 2.54. The molecule has 1 aliphatic heterocycles. The molecular formula is C14H19N3O2S. The van der Waals surface area contributed by atoms with Crippen molar-refractivity contribution in [2.75, 3.05) is 26.7 Å². The Kier molecular flexibility index (Phi) is 4.76. The van der Waals surface area contributed by atoms with Crippen LogP contribution >= 0.6 is 0 Å². The molecule has 1 aromatic rings. The second-order valence-electron chi connectivity index (χ2n) is 5.23. The molecule has 1 fully saturated rings. The Morgan fingerprint density at radius 2 is 2.20 bits per heavy atom. The first-order valence-corrected chi connectivity index (χ1v) is 8.18. The van der Waals surface area contributed by atoms with Gasteiger partial charge in [0.1, 0.15) is 6.07 Å². The Morgan fingerprint density at radius 3 is 2.90 bits per heavy atom. The SMILES string of the molecule is CN1CCCC(CNS(=O)(=O)c2ccccc2C#N)C1. The van der Waals surface area contributed by atoms with Gasteiger partial charge < -0.3 is 4.90 Å². The summed E-state index contributed by atoms with van der Waals surface area (Å²) in [5.74, 6) is 0.331. The third-order valence-corrected chi connectivity index (χ3v) is 5.06. The van der Waals surface area contributed by atoms with Crippen molar-refractivity contribution in [3.8, 4) is 6.07 Å². The van der Waals surface area contributed by atoms with E-state index in [0.29, 0.717) is 12.5 Å². The molecule has 0 aliphatic carbocycles. The lowest BCUT2D eigenvalue weighted by molar-refractivity contribution is 0.211. The van der Waals surface area contributed by atoms with Crippen LogP contribution in [0.2, 0.25) is 0 Å². The average molecular weight is 293 g/mol. The second-order valence-corrected chi connectivity index (χ2v) is 6.97. The summed E-state index contributed by atoms with van der Waals surface area (Å²) in [6.07, 6.45) is 2.13. The van der Waals surface area contributed by atoms with Crippen molar-refractivity contribution >= 4 is 10.0 Å². The summed E-state index contributed by atoms with van der Waals surface area (Å²) in [5, 5.41) is 8.98. The number of hydrogen-bond donors (Lipinski definition) is 1. The minimum absolute atomic E-state index is 0.0617. The molecule has 1 aromatic carbocycles. The zero-order chi connectivity index (χ0) is 14.6. The van der Waals surface area contributed by atoms with Gasteiger partial charge in [0.25, 0.3) is 0 Å². The van der Waals surface area contributed by atoms with Gasteiger partial charge in [-0.15, -0.1) is 0 Å². The Bertz CT molecular complexity index is 607. The fourth-order valence-corrected chi connectivity index (χ4v) is 3.81. The van der Waals surface area contributed by atoms with E-state index in [0.717, 1.165) is 25.9 Å². The van der Waals surface area contributed by atoms with Gasteiger partial charge in [0.05, 0.1) is 10.5 Å². The van der Waals surface area contributed by atoms with Crippen LogP contribution in [0.15, 0.2) is 29.2 Å². The minimum Gasteiger partial charge on any atom is -0.306 e. The van der Waals surface area contributed by atoms with Crippen LogP contribution in [0.1, 0.15) is 18.4 Å². The third-order valence-electron chi connectivity index (χ3n) is 3.58. The number of nitrogens with zero attached hydrogens (tertiary/aromatic N) is 2. The molecule has 1 saturated heterocycles. The van der Waals surface area contributed by atoms with Crippen LogP contribution in [-0.2, 0) is 10.0 Å². The first-order chi connectivity index (χ1) is 9.53. The monoisotopic (exact) mass is 293 g/mol. The van der Waals surface area contributed by atoms with Crippen molar-refractivity contribution in [3.63, 3.8) is 0 Å². The van der Waals surface area contributed by atoms with E-state index in [1.807, 2.05) is 13.1 Å². The molecule has 1 unspecified atom stereocenters. The van der Waals surface area contributed by atoms with E-state index in [9.17, 15) is 8.42 Å². The quantitative estimate of drug-likeness (QED) is 0.904. The third kappa shape index (κ3) is 3.57. The smallest absolute Gasteiger partial charge is 0.241 e. The van der Waals surface area contributed by atoms with Gasteiger partial charge in [0, 0.05) is 13.1 Å². The van der Waals surface area contributed by atoms with Gasteiger partial charge >= 0.3 is 0 Å². The standard InChI is InChI=1S/C14H19N3O2S/c1-17-8-4-5-12(11-17)10-16-20(18,19)14-7-3-2-6-13(14)9-15/h2-3,6-7,12,16H,4-5,8,10-11H2,1H3. The number of benzene rings is 1. The maximum atomic E-state index is 12.3. The fraction of sp³-hybridized carbons (Fsp3) is 0.500. The van der Waals surface area contributed by atoms with Crippen LogP contribution in [-0.4, -0.2) is 40.0 Å². The number of sulfonamides is 1. The summed E-state index contributed by atoms with van der Waals surface area (Å²) in [5.41, 5.74) is 0.181. The van der Waals surface area contributed by atoms with Crippen LogP contribution in [0.25, 0.3) is 0 Å². The van der Waals surface area contributed by atoms with Crippen LogP contribution in [0, 0.1) is 17.2 Å². The summed E-state index contributed by atoms with van der Waals surface area (Å²) in [4.78, 5) is 2.28. The molecule has 5 nitrogen and oxygen atoms in total. The number of hydrogen-bond acceptors (Lipinski definition) is 4. The zero-order valence-corrected chi connectivity index (χ0v) is 12.4. The van der Waals surface area contributed by atoms with Crippen LogP contribution in [0.3, 0.4) is 0 Å². The van der Waals surface area contributed by atoms with Gasteiger partial charge in [0.2, 0.25) is 10.0 Å². The van der Waals surface area contributed by atoms with Crippen molar-refractivity contribution in [2.24, 2.45) is 5.92 Å². The molecule has 6 heteroatoms. The largest absolute Gasteiger partial charge is 0.306 e. The highest BCUT2D eigenvalue weighted by Crippen LogP contribution is 2.17. The summed E-state index contributed by atoms with van der Waals surface area (Å²) in [7, 11) is -1.56. The van der Waals surface area contributed by atoms with Crippen LogP contribution < -0.4 is 4.72 Å². The van der Waals surface area contributed by atoms with E-state index in [1.54, 1.807) is 12.1 Å². The van der Waals surface area contributed by atoms with E-state index in [4.69, 9.17) is 5.26 Å². The summed E-state index contributed by atoms with van der Waals surface area (Å²) in [6.45, 7) is 2.40. The highest BCUT2D eigenvalue weighted by atomic mass is 32.2. The number of rotatable bonds is 4. The van der Waals surface area contributed by atoms with Gasteiger partial charge in [-0.3, -0.25) is 0 Å². The number of nitriles is 1. The molecule has 108 valence electrons. The minimum atomic E-state index is -3.61. The highest BCUT2D eigenvalue weighted by molar-refractivity contribution is 7.89. The summed E-state index contributed by atoms with van der Waals surface area (Å²) >= 11 is 0. The number of nitrogens with one attached hydrogen (secondary N) is 1. The Morgan fingerprint density at radius 1 is 1.45 bits per heavy atom. The molecule has 1 atom stereocenters. The van der Waals surface area contributed by atoms with Crippen LogP contribution in [0.5, 0.6) is 0 Å². The van der Waals surface area contributed by atoms with E-state index in [1.165, 1.54) is 12.1 Å². The van der Waals surface area contributed by atoms with Gasteiger partial charge in [0.15, 0.2) is 0 Å². The highest BCUT2D eigenvalue weighted by Gasteiger charge is 2.22. The van der Waals surface area contributed by atoms with Gasteiger partial charge in [-0.25, -0.2) is 13.1 Å². The van der Waals surface area contributed by atoms with Gasteiger partial charge in [-0.05, 0) is 44.5 Å². The lowest BCUT2D eigenvalue weighted by Crippen LogP contribution is -2.39. The molecule has 0 radical (unpaired) electrons. The molecular weight excluding hydrogens is 274 g/mol. The summed E-state index contributed by atoms with van der Waals surface area (Å²) < 4.78 is 27.2. The van der Waals surface area contributed by atoms with E-state index in [-0.39, 0.29) is 10.5 Å². The van der Waals surface area contributed by atoms with Gasteiger partial charge in [-0.1, -0.05) is 12.1 Å². The normalized spacial score (nSPS) is 20.5. The molecule has 1 heterocycles. The first-order valence-electron chi connectivity index (χ1n) is 6.70. The predicted octanol–water partition coefficient (Wildman–Crippen LogP) is 1.18. The number of likely N-dealkylation sites (tertiary alicyclic amines) is 1. The lowest BCUT2D eigenvalue weighted by atomic mass is 9.99. The molecule has 0 amide bonds. The first kappa shape index (κ1) is 15.0. The van der Waals surface area contributed by atoms with Crippen molar-refractivity contribution in [2.45, 2.75) is 17.7 Å². The Balaban J connectivity index is 2.06. The average Bonchev–Trinajstić information content (AvgIpc) is 2.45. The molecule has 0 bridgehead atoms. The lowest BCUT2D eigenvalue weighted by Gasteiger charge is -2.29. The van der Waals surface area contributed by atoms with Crippen molar-refractivity contribution < 1.29 is 8.42 Å². The predicted molar refractivity (Wildman–Crippen MR) is 76.6 cm³/mol. The van der Waals surface area contributed by atoms with E-state index in [2.05, 4.69) is 9.62 Å².